The van der Waals surface area contributed by atoms with Crippen molar-refractivity contribution in [1.82, 2.24) is 14.9 Å². The van der Waals surface area contributed by atoms with Crippen LogP contribution < -0.4 is 5.59 Å². The maximum Gasteiger partial charge on any atom is 0.266 e. The Hall–Kier alpha value is -0.730. The van der Waals surface area contributed by atoms with E-state index in [1.807, 2.05) is 0 Å². The first kappa shape index (κ1) is 4.43. The second kappa shape index (κ2) is 1.40. The Bertz CT molecular complexity index is 143. The summed E-state index contributed by atoms with van der Waals surface area (Å²) in [5.41, 5.74) is 0.336. The van der Waals surface area contributed by atoms with Gasteiger partial charge < -0.3 is 4.59 Å². The molecular formula is C2HB2N3. The van der Waals surface area contributed by atoms with Crippen LogP contribution in [0.25, 0.3) is 0 Å². The summed E-state index contributed by atoms with van der Waals surface area (Å²) in [6.45, 7) is 0. The Labute approximate surface area is 43.6 Å². The van der Waals surface area contributed by atoms with E-state index < -0.39 is 0 Å². The van der Waals surface area contributed by atoms with Gasteiger partial charge in [-0.3, -0.25) is 0 Å². The molecule has 0 bridgehead atoms. The van der Waals surface area contributed by atoms with Gasteiger partial charge in [-0.2, -0.15) is 0 Å². The molecule has 1 rings (SSSR count). The quantitative estimate of drug-likeness (QED) is 0.344. The van der Waals surface area contributed by atoms with Crippen molar-refractivity contribution >= 4 is 21.4 Å². The Morgan fingerprint density at radius 3 is 2.57 bits per heavy atom. The molecule has 0 atom stereocenters. The van der Waals surface area contributed by atoms with Crippen LogP contribution in [0.15, 0.2) is 6.20 Å². The zero-order valence-electron chi connectivity index (χ0n) is 3.57. The van der Waals surface area contributed by atoms with E-state index in [0.717, 1.165) is 4.59 Å². The fourth-order valence-electron chi connectivity index (χ4n) is 0.290. The second-order valence-electron chi connectivity index (χ2n) is 1.12. The third-order valence-corrected chi connectivity index (χ3v) is 0.528. The standard InChI is InChI=1S/C2HB2N3/c3-2-1-7(4)6-5-2/h1H. The summed E-state index contributed by atoms with van der Waals surface area (Å²) < 4.78 is 1.05. The van der Waals surface area contributed by atoms with Crippen LogP contribution in [-0.2, 0) is 0 Å². The van der Waals surface area contributed by atoms with Gasteiger partial charge in [0.2, 0.25) is 0 Å². The summed E-state index contributed by atoms with van der Waals surface area (Å²) in [4.78, 5) is 0. The van der Waals surface area contributed by atoms with Crippen LogP contribution in [0, 0.1) is 0 Å². The molecule has 4 radical (unpaired) electrons. The summed E-state index contributed by atoms with van der Waals surface area (Å²) in [5.74, 6) is 0. The van der Waals surface area contributed by atoms with E-state index in [4.69, 9.17) is 15.8 Å². The Morgan fingerprint density at radius 1 is 1.71 bits per heavy atom. The molecule has 0 fully saturated rings. The SMILES string of the molecule is [B]c1cn([B])nn1. The summed E-state index contributed by atoms with van der Waals surface area (Å²) in [6.07, 6.45) is 1.42. The van der Waals surface area contributed by atoms with Crippen LogP contribution in [0.5, 0.6) is 0 Å². The normalized spacial score (nSPS) is 9.14. The van der Waals surface area contributed by atoms with Crippen LogP contribution in [0.4, 0.5) is 0 Å². The van der Waals surface area contributed by atoms with Crippen molar-refractivity contribution in [3.8, 4) is 0 Å². The van der Waals surface area contributed by atoms with Gasteiger partial charge in [0.15, 0.2) is 0 Å². The maximum atomic E-state index is 5.10. The van der Waals surface area contributed by atoms with Gasteiger partial charge in [-0.1, -0.05) is 5.21 Å². The number of aromatic nitrogens is 3. The topological polar surface area (TPSA) is 30.7 Å². The van der Waals surface area contributed by atoms with Crippen molar-refractivity contribution in [2.75, 3.05) is 0 Å². The summed E-state index contributed by atoms with van der Waals surface area (Å²) in [7, 11) is 10.1. The minimum absolute atomic E-state index is 0.336. The van der Waals surface area contributed by atoms with Gasteiger partial charge >= 0.3 is 0 Å². The predicted molar refractivity (Wildman–Crippen MR) is 26.6 cm³/mol. The smallest absolute Gasteiger partial charge is 0.266 e. The molecule has 0 amide bonds. The van der Waals surface area contributed by atoms with E-state index in [9.17, 15) is 0 Å². The highest BCUT2D eigenvalue weighted by atomic mass is 15.4. The lowest BCUT2D eigenvalue weighted by atomic mass is 10.1. The largest absolute Gasteiger partial charge is 0.312 e. The number of hydrogen-bond acceptors (Lipinski definition) is 2. The lowest BCUT2D eigenvalue weighted by Crippen LogP contribution is -2.00. The predicted octanol–water partition coefficient (Wildman–Crippen LogP) is -2.00. The third-order valence-electron chi connectivity index (χ3n) is 0.528. The molecular weight excluding hydrogens is 87.7 g/mol. The third kappa shape index (κ3) is 0.824. The number of hydrogen-bond donors (Lipinski definition) is 0. The molecule has 3 nitrogen and oxygen atoms in total. The first-order chi connectivity index (χ1) is 3.29. The van der Waals surface area contributed by atoms with Crippen molar-refractivity contribution in [3.05, 3.63) is 6.20 Å². The highest BCUT2D eigenvalue weighted by Gasteiger charge is 1.83. The summed E-state index contributed by atoms with van der Waals surface area (Å²) in [6, 6.07) is 0. The van der Waals surface area contributed by atoms with Gasteiger partial charge in [-0.15, -0.1) is 5.10 Å². The molecule has 7 heavy (non-hydrogen) atoms. The number of rotatable bonds is 0. The molecule has 0 aliphatic heterocycles. The van der Waals surface area contributed by atoms with Gasteiger partial charge in [-0.05, 0) is 0 Å². The van der Waals surface area contributed by atoms with E-state index >= 15 is 0 Å². The first-order valence-corrected chi connectivity index (χ1v) is 1.72. The number of nitrogens with zero attached hydrogens (tertiary/aromatic N) is 3. The molecule has 0 aliphatic carbocycles. The van der Waals surface area contributed by atoms with Crippen molar-refractivity contribution in [3.63, 3.8) is 0 Å². The Balaban J connectivity index is 3.04. The van der Waals surface area contributed by atoms with E-state index in [2.05, 4.69) is 10.3 Å². The molecule has 1 heterocycles. The van der Waals surface area contributed by atoms with Crippen LogP contribution >= 0.6 is 0 Å². The molecule has 1 aromatic heterocycles. The fourth-order valence-corrected chi connectivity index (χ4v) is 0.290. The van der Waals surface area contributed by atoms with Crippen LogP contribution in [-0.4, -0.2) is 30.7 Å². The van der Waals surface area contributed by atoms with Crippen molar-refractivity contribution in [1.29, 1.82) is 0 Å². The van der Waals surface area contributed by atoms with Crippen molar-refractivity contribution < 1.29 is 0 Å². The Morgan fingerprint density at radius 2 is 2.43 bits per heavy atom. The molecule has 0 unspecified atom stereocenters. The minimum Gasteiger partial charge on any atom is -0.312 e. The van der Waals surface area contributed by atoms with Gasteiger partial charge in [0.25, 0.3) is 7.98 Å². The molecule has 0 spiro atoms. The lowest BCUT2D eigenvalue weighted by molar-refractivity contribution is 0.882. The Kier molecular flexibility index (Phi) is 0.889. The van der Waals surface area contributed by atoms with Crippen LogP contribution in [0.1, 0.15) is 0 Å². The zero-order valence-corrected chi connectivity index (χ0v) is 3.57. The average Bonchev–Trinajstić information content (AvgIpc) is 1.87. The molecule has 30 valence electrons. The highest BCUT2D eigenvalue weighted by Crippen LogP contribution is 1.61. The van der Waals surface area contributed by atoms with Crippen molar-refractivity contribution in [2.24, 2.45) is 0 Å². The summed E-state index contributed by atoms with van der Waals surface area (Å²) in [5, 5.41) is 6.72. The molecule has 0 aliphatic rings. The summed E-state index contributed by atoms with van der Waals surface area (Å²) >= 11 is 0. The van der Waals surface area contributed by atoms with Crippen molar-refractivity contribution in [2.45, 2.75) is 0 Å². The minimum atomic E-state index is 0.336. The van der Waals surface area contributed by atoms with E-state index in [-0.39, 0.29) is 0 Å². The second-order valence-corrected chi connectivity index (χ2v) is 1.12. The van der Waals surface area contributed by atoms with Gasteiger partial charge in [0.1, 0.15) is 7.85 Å². The van der Waals surface area contributed by atoms with Gasteiger partial charge in [0.05, 0.1) is 0 Å². The molecule has 5 heteroatoms. The lowest BCUT2D eigenvalue weighted by Gasteiger charge is -1.75. The fraction of sp³-hybridized carbons (Fsp3) is 0. The molecule has 1 aromatic rings. The van der Waals surface area contributed by atoms with Crippen LogP contribution in [0.3, 0.4) is 0 Å². The van der Waals surface area contributed by atoms with E-state index in [1.165, 1.54) is 6.20 Å². The maximum absolute atomic E-state index is 5.10. The molecule has 0 saturated heterocycles. The van der Waals surface area contributed by atoms with E-state index in [0.29, 0.717) is 5.59 Å². The average molecular weight is 88.7 g/mol. The van der Waals surface area contributed by atoms with E-state index in [1.54, 1.807) is 0 Å². The first-order valence-electron chi connectivity index (χ1n) is 1.72. The highest BCUT2D eigenvalue weighted by molar-refractivity contribution is 6.30. The van der Waals surface area contributed by atoms with Gasteiger partial charge in [0, 0.05) is 11.8 Å². The zero-order chi connectivity index (χ0) is 5.28. The molecule has 0 aromatic carbocycles. The molecule has 0 saturated carbocycles. The van der Waals surface area contributed by atoms with Crippen LogP contribution in [0.2, 0.25) is 0 Å². The molecule has 0 N–H and O–H groups in total. The van der Waals surface area contributed by atoms with Gasteiger partial charge in [-0.25, -0.2) is 0 Å². The monoisotopic (exact) mass is 89.0 g/mol.